The number of amides is 3. The molecule has 0 aliphatic carbocycles. The minimum absolute atomic E-state index is 0.0808. The van der Waals surface area contributed by atoms with Crippen molar-refractivity contribution in [3.05, 3.63) is 37.2 Å². The summed E-state index contributed by atoms with van der Waals surface area (Å²) in [5.74, 6) is -0.273. The van der Waals surface area contributed by atoms with Crippen molar-refractivity contribution in [2.24, 2.45) is 0 Å². The Bertz CT molecular complexity index is 846. The Labute approximate surface area is 192 Å². The highest BCUT2D eigenvalue weighted by Crippen LogP contribution is 2.36. The molecule has 0 bridgehead atoms. The molecule has 1 atom stereocenters. The summed E-state index contributed by atoms with van der Waals surface area (Å²) in [6.45, 7) is 22.4. The molecule has 0 radical (unpaired) electrons. The predicted octanol–water partition coefficient (Wildman–Crippen LogP) is 3.35. The summed E-state index contributed by atoms with van der Waals surface area (Å²) >= 11 is 0. The van der Waals surface area contributed by atoms with E-state index in [1.807, 2.05) is 6.92 Å². The zero-order valence-electron chi connectivity index (χ0n) is 20.2. The number of urea groups is 1. The first-order valence-corrected chi connectivity index (χ1v) is 13.8. The topological polar surface area (TPSA) is 88.9 Å². The van der Waals surface area contributed by atoms with Crippen LogP contribution in [0, 0.1) is 0 Å². The molecule has 9 nitrogen and oxygen atoms in total. The highest BCUT2D eigenvalue weighted by molar-refractivity contribution is 6.74. The molecule has 1 unspecified atom stereocenters. The van der Waals surface area contributed by atoms with E-state index in [1.165, 1.54) is 9.75 Å². The van der Waals surface area contributed by atoms with Gasteiger partial charge in [0, 0.05) is 19.3 Å². The van der Waals surface area contributed by atoms with E-state index in [1.54, 1.807) is 23.2 Å². The van der Waals surface area contributed by atoms with Gasteiger partial charge < -0.3 is 14.6 Å². The van der Waals surface area contributed by atoms with Crippen molar-refractivity contribution in [3.63, 3.8) is 0 Å². The molecule has 1 aromatic heterocycles. The van der Waals surface area contributed by atoms with E-state index in [0.29, 0.717) is 25.4 Å². The Balaban J connectivity index is 1.85. The molecular formula is C22H37N5O4Si. The molecule has 0 saturated carbocycles. The lowest BCUT2D eigenvalue weighted by molar-refractivity contribution is -0.114. The van der Waals surface area contributed by atoms with Gasteiger partial charge >= 0.3 is 6.03 Å². The minimum Gasteiger partial charge on any atom is -0.415 e. The third kappa shape index (κ3) is 6.30. The Morgan fingerprint density at radius 2 is 2.09 bits per heavy atom. The average Bonchev–Trinajstić information content (AvgIpc) is 3.29. The number of nitrogens with zero attached hydrogens (tertiary/aromatic N) is 4. The molecule has 0 aromatic carbocycles. The van der Waals surface area contributed by atoms with Crippen LogP contribution >= 0.6 is 0 Å². The van der Waals surface area contributed by atoms with E-state index in [0.717, 1.165) is 0 Å². The third-order valence-corrected chi connectivity index (χ3v) is 10.4. The van der Waals surface area contributed by atoms with Gasteiger partial charge in [0.15, 0.2) is 14.0 Å². The van der Waals surface area contributed by atoms with Gasteiger partial charge in [-0.3, -0.25) is 9.63 Å². The van der Waals surface area contributed by atoms with Crippen LogP contribution in [0.5, 0.6) is 0 Å². The molecule has 10 heteroatoms. The molecule has 2 rings (SSSR count). The van der Waals surface area contributed by atoms with Gasteiger partial charge in [0.2, 0.25) is 0 Å². The summed E-state index contributed by atoms with van der Waals surface area (Å²) in [5.41, 5.74) is 0.868. The molecule has 1 aliphatic heterocycles. The predicted molar refractivity (Wildman–Crippen MR) is 127 cm³/mol. The highest BCUT2D eigenvalue weighted by atomic mass is 28.4. The van der Waals surface area contributed by atoms with E-state index in [-0.39, 0.29) is 41.9 Å². The fourth-order valence-electron chi connectivity index (χ4n) is 2.94. The van der Waals surface area contributed by atoms with Gasteiger partial charge in [-0.15, -0.1) is 6.58 Å². The van der Waals surface area contributed by atoms with E-state index < -0.39 is 8.32 Å². The molecule has 1 fully saturated rings. The Kier molecular flexibility index (Phi) is 8.44. The number of hydrogen-bond donors (Lipinski definition) is 1. The second-order valence-electron chi connectivity index (χ2n) is 9.50. The molecular weight excluding hydrogens is 426 g/mol. The highest BCUT2D eigenvalue weighted by Gasteiger charge is 2.37. The number of hydrogen-bond acceptors (Lipinski definition) is 5. The van der Waals surface area contributed by atoms with Crippen molar-refractivity contribution < 1.29 is 18.9 Å². The Morgan fingerprint density at radius 1 is 1.41 bits per heavy atom. The number of nitrogens with one attached hydrogen (secondary N) is 1. The van der Waals surface area contributed by atoms with Crippen LogP contribution in [0.2, 0.25) is 18.1 Å². The van der Waals surface area contributed by atoms with E-state index >= 15 is 0 Å². The van der Waals surface area contributed by atoms with E-state index in [2.05, 4.69) is 57.4 Å². The second-order valence-corrected chi connectivity index (χ2v) is 14.3. The lowest BCUT2D eigenvalue weighted by atomic mass is 10.2. The Morgan fingerprint density at radius 3 is 2.72 bits per heavy atom. The van der Waals surface area contributed by atoms with Crippen LogP contribution in [0.1, 0.15) is 38.2 Å². The fraction of sp³-hybridized carbons (Fsp3) is 0.591. The van der Waals surface area contributed by atoms with E-state index in [9.17, 15) is 9.59 Å². The first-order chi connectivity index (χ1) is 14.9. The summed E-state index contributed by atoms with van der Waals surface area (Å²) in [5, 5.41) is 8.63. The van der Waals surface area contributed by atoms with Crippen LogP contribution in [0.4, 0.5) is 4.79 Å². The maximum absolute atomic E-state index is 12.5. The Hall–Kier alpha value is -2.43. The number of carbonyl (C=O) groups is 2. The first-order valence-electron chi connectivity index (χ1n) is 10.9. The van der Waals surface area contributed by atoms with Crippen LogP contribution in [0.3, 0.4) is 0 Å². The number of hydroxylamine groups is 2. The molecule has 3 amide bonds. The van der Waals surface area contributed by atoms with Gasteiger partial charge in [0.05, 0.1) is 31.5 Å². The van der Waals surface area contributed by atoms with Gasteiger partial charge in [0.1, 0.15) is 0 Å². The SMILES string of the molecule is C=CCON1C(=O)N(CC(=C)n2ccc(C(=O)NCCO[Si](C)(C)C(C)(C)C)n2)CC1C. The molecule has 0 spiro atoms. The third-order valence-electron chi connectivity index (χ3n) is 5.85. The van der Waals surface area contributed by atoms with Crippen molar-refractivity contribution in [1.29, 1.82) is 0 Å². The molecule has 1 aliphatic rings. The minimum atomic E-state index is -1.84. The van der Waals surface area contributed by atoms with Crippen LogP contribution in [-0.2, 0) is 9.26 Å². The van der Waals surface area contributed by atoms with Crippen LogP contribution < -0.4 is 5.32 Å². The summed E-state index contributed by atoms with van der Waals surface area (Å²) in [6.07, 6.45) is 3.26. The number of aromatic nitrogens is 2. The largest absolute Gasteiger partial charge is 0.415 e. The van der Waals surface area contributed by atoms with Crippen molar-refractivity contribution in [2.45, 2.75) is 51.9 Å². The lowest BCUT2D eigenvalue weighted by Gasteiger charge is -2.36. The van der Waals surface area contributed by atoms with Crippen molar-refractivity contribution in [3.8, 4) is 0 Å². The molecule has 32 heavy (non-hydrogen) atoms. The van der Waals surface area contributed by atoms with Crippen LogP contribution in [-0.4, -0.2) is 78.9 Å². The van der Waals surface area contributed by atoms with Crippen LogP contribution in [0.15, 0.2) is 31.5 Å². The van der Waals surface area contributed by atoms with E-state index in [4.69, 9.17) is 9.26 Å². The van der Waals surface area contributed by atoms with Gasteiger partial charge in [-0.25, -0.2) is 9.48 Å². The second kappa shape index (κ2) is 10.5. The summed E-state index contributed by atoms with van der Waals surface area (Å²) in [6, 6.07) is 1.32. The van der Waals surface area contributed by atoms with Crippen molar-refractivity contribution in [1.82, 2.24) is 25.1 Å². The number of rotatable bonds is 11. The standard InChI is InChI=1S/C22H37N5O4Si/c1-9-13-30-27-18(3)16-25(21(27)29)15-17(2)26-12-10-19(24-26)20(28)23-11-14-31-32(7,8)22(4,5)6/h9-10,12,18H,1-2,11,13-16H2,3-8H3,(H,23,28). The maximum atomic E-state index is 12.5. The zero-order chi connectivity index (χ0) is 24.1. The van der Waals surface area contributed by atoms with Crippen LogP contribution in [0.25, 0.3) is 5.70 Å². The normalized spacial score (nSPS) is 17.1. The summed E-state index contributed by atoms with van der Waals surface area (Å²) in [7, 11) is -1.84. The smallest absolute Gasteiger partial charge is 0.344 e. The molecule has 178 valence electrons. The quantitative estimate of drug-likeness (QED) is 0.309. The summed E-state index contributed by atoms with van der Waals surface area (Å²) < 4.78 is 7.60. The van der Waals surface area contributed by atoms with Crippen molar-refractivity contribution >= 4 is 26.0 Å². The molecule has 1 aromatic rings. The maximum Gasteiger partial charge on any atom is 0.344 e. The van der Waals surface area contributed by atoms with Gasteiger partial charge in [-0.05, 0) is 31.1 Å². The van der Waals surface area contributed by atoms with Gasteiger partial charge in [0.25, 0.3) is 5.91 Å². The molecule has 2 heterocycles. The molecule has 1 N–H and O–H groups in total. The molecule has 1 saturated heterocycles. The number of carbonyl (C=O) groups excluding carboxylic acids is 2. The fourth-order valence-corrected chi connectivity index (χ4v) is 3.98. The summed E-state index contributed by atoms with van der Waals surface area (Å²) in [4.78, 5) is 32.0. The van der Waals surface area contributed by atoms with Gasteiger partial charge in [-0.1, -0.05) is 33.4 Å². The monoisotopic (exact) mass is 463 g/mol. The lowest BCUT2D eigenvalue weighted by Crippen LogP contribution is -2.42. The van der Waals surface area contributed by atoms with Gasteiger partial charge in [-0.2, -0.15) is 10.2 Å². The first kappa shape index (κ1) is 25.8. The average molecular weight is 464 g/mol. The zero-order valence-corrected chi connectivity index (χ0v) is 21.2. The van der Waals surface area contributed by atoms with Crippen molar-refractivity contribution in [2.75, 3.05) is 32.8 Å².